The van der Waals surface area contributed by atoms with E-state index >= 15 is 0 Å². The summed E-state index contributed by atoms with van der Waals surface area (Å²) < 4.78 is 6.90. The fourth-order valence-electron chi connectivity index (χ4n) is 2.61. The molecule has 1 heterocycles. The number of hydrogen-bond donors (Lipinski definition) is 1. The number of carbonyl (C=O) groups is 1. The van der Waals surface area contributed by atoms with Crippen LogP contribution in [0.3, 0.4) is 0 Å². The SMILES string of the molecule is CCC(C)NC(=O)c1cc(-c2ccccc2)nn1-c1ccc(OC)cc1. The van der Waals surface area contributed by atoms with E-state index < -0.39 is 0 Å². The van der Waals surface area contributed by atoms with Gasteiger partial charge in [0.05, 0.1) is 18.5 Å². The van der Waals surface area contributed by atoms with Crippen LogP contribution in [0.15, 0.2) is 60.7 Å². The van der Waals surface area contributed by atoms with Crippen LogP contribution >= 0.6 is 0 Å². The van der Waals surface area contributed by atoms with Gasteiger partial charge in [-0.25, -0.2) is 4.68 Å². The first-order chi connectivity index (χ1) is 12.6. The van der Waals surface area contributed by atoms with Crippen molar-refractivity contribution in [2.75, 3.05) is 7.11 Å². The number of rotatable bonds is 6. The predicted octanol–water partition coefficient (Wildman–Crippen LogP) is 4.08. The summed E-state index contributed by atoms with van der Waals surface area (Å²) in [6, 6.07) is 19.3. The Morgan fingerprint density at radius 2 is 1.85 bits per heavy atom. The van der Waals surface area contributed by atoms with Crippen molar-refractivity contribution in [2.45, 2.75) is 26.3 Å². The summed E-state index contributed by atoms with van der Waals surface area (Å²) in [6.45, 7) is 4.03. The van der Waals surface area contributed by atoms with Crippen LogP contribution in [-0.4, -0.2) is 28.8 Å². The van der Waals surface area contributed by atoms with Crippen LogP contribution in [0.1, 0.15) is 30.8 Å². The summed E-state index contributed by atoms with van der Waals surface area (Å²) in [5.41, 5.74) is 3.05. The second kappa shape index (κ2) is 7.87. The van der Waals surface area contributed by atoms with Gasteiger partial charge in [-0.2, -0.15) is 5.10 Å². The molecule has 26 heavy (non-hydrogen) atoms. The summed E-state index contributed by atoms with van der Waals surface area (Å²) >= 11 is 0. The molecule has 0 radical (unpaired) electrons. The van der Waals surface area contributed by atoms with Crippen LogP contribution in [0.2, 0.25) is 0 Å². The standard InChI is InChI=1S/C21H23N3O2/c1-4-15(2)22-21(25)20-14-19(16-8-6-5-7-9-16)23-24(20)17-10-12-18(26-3)13-11-17/h5-15H,4H2,1-3H3,(H,22,25). The van der Waals surface area contributed by atoms with Crippen molar-refractivity contribution in [2.24, 2.45) is 0 Å². The summed E-state index contributed by atoms with van der Waals surface area (Å²) in [7, 11) is 1.63. The normalized spacial score (nSPS) is 11.8. The van der Waals surface area contributed by atoms with Crippen molar-refractivity contribution in [3.8, 4) is 22.7 Å². The van der Waals surface area contributed by atoms with E-state index in [4.69, 9.17) is 4.74 Å². The van der Waals surface area contributed by atoms with E-state index in [9.17, 15) is 4.79 Å². The maximum Gasteiger partial charge on any atom is 0.270 e. The topological polar surface area (TPSA) is 56.2 Å². The Balaban J connectivity index is 2.04. The Kier molecular flexibility index (Phi) is 5.37. The molecule has 0 aliphatic carbocycles. The van der Waals surface area contributed by atoms with Crippen molar-refractivity contribution in [1.29, 1.82) is 0 Å². The van der Waals surface area contributed by atoms with Crippen LogP contribution in [0, 0.1) is 0 Å². The van der Waals surface area contributed by atoms with E-state index in [1.165, 1.54) is 0 Å². The largest absolute Gasteiger partial charge is 0.497 e. The fourth-order valence-corrected chi connectivity index (χ4v) is 2.61. The lowest BCUT2D eigenvalue weighted by Crippen LogP contribution is -2.33. The lowest BCUT2D eigenvalue weighted by atomic mass is 10.1. The molecule has 0 spiro atoms. The van der Waals surface area contributed by atoms with Gasteiger partial charge in [0, 0.05) is 11.6 Å². The molecule has 0 saturated carbocycles. The van der Waals surface area contributed by atoms with E-state index in [1.807, 2.05) is 74.5 Å². The molecule has 3 rings (SSSR count). The third-order valence-corrected chi connectivity index (χ3v) is 4.32. The number of aromatic nitrogens is 2. The molecule has 3 aromatic rings. The number of methoxy groups -OCH3 is 1. The first-order valence-corrected chi connectivity index (χ1v) is 8.73. The van der Waals surface area contributed by atoms with Crippen LogP contribution < -0.4 is 10.1 Å². The maximum absolute atomic E-state index is 12.8. The number of benzene rings is 2. The molecule has 0 fully saturated rings. The Morgan fingerprint density at radius 3 is 2.46 bits per heavy atom. The number of nitrogens with zero attached hydrogens (tertiary/aromatic N) is 2. The van der Waals surface area contributed by atoms with Crippen LogP contribution in [-0.2, 0) is 0 Å². The predicted molar refractivity (Wildman–Crippen MR) is 103 cm³/mol. The number of amides is 1. The molecular formula is C21H23N3O2. The minimum Gasteiger partial charge on any atom is -0.497 e. The van der Waals surface area contributed by atoms with Gasteiger partial charge in [-0.1, -0.05) is 37.3 Å². The molecular weight excluding hydrogens is 326 g/mol. The van der Waals surface area contributed by atoms with Gasteiger partial charge < -0.3 is 10.1 Å². The van der Waals surface area contributed by atoms with Crippen LogP contribution in [0.4, 0.5) is 0 Å². The highest BCUT2D eigenvalue weighted by Crippen LogP contribution is 2.23. The highest BCUT2D eigenvalue weighted by Gasteiger charge is 2.18. The second-order valence-electron chi connectivity index (χ2n) is 6.17. The van der Waals surface area contributed by atoms with E-state index in [0.29, 0.717) is 5.69 Å². The van der Waals surface area contributed by atoms with Crippen LogP contribution in [0.5, 0.6) is 5.75 Å². The number of hydrogen-bond acceptors (Lipinski definition) is 3. The summed E-state index contributed by atoms with van der Waals surface area (Å²) in [5.74, 6) is 0.625. The van der Waals surface area contributed by atoms with Gasteiger partial charge in [0.2, 0.25) is 0 Å². The zero-order chi connectivity index (χ0) is 18.5. The number of carbonyl (C=O) groups excluding carboxylic acids is 1. The first kappa shape index (κ1) is 17.7. The smallest absolute Gasteiger partial charge is 0.270 e. The van der Waals surface area contributed by atoms with Gasteiger partial charge >= 0.3 is 0 Å². The Morgan fingerprint density at radius 1 is 1.15 bits per heavy atom. The third kappa shape index (κ3) is 3.77. The van der Waals surface area contributed by atoms with E-state index in [0.717, 1.165) is 29.1 Å². The van der Waals surface area contributed by atoms with Gasteiger partial charge in [0.1, 0.15) is 11.4 Å². The highest BCUT2D eigenvalue weighted by atomic mass is 16.5. The van der Waals surface area contributed by atoms with Crippen molar-refractivity contribution >= 4 is 5.91 Å². The fraction of sp³-hybridized carbons (Fsp3) is 0.238. The van der Waals surface area contributed by atoms with E-state index in [2.05, 4.69) is 10.4 Å². The number of nitrogens with one attached hydrogen (secondary N) is 1. The van der Waals surface area contributed by atoms with Gasteiger partial charge in [0.25, 0.3) is 5.91 Å². The first-order valence-electron chi connectivity index (χ1n) is 8.73. The molecule has 2 aromatic carbocycles. The quantitative estimate of drug-likeness (QED) is 0.730. The van der Waals surface area contributed by atoms with Gasteiger partial charge in [-0.05, 0) is 43.7 Å². The van der Waals surface area contributed by atoms with Crippen molar-refractivity contribution in [1.82, 2.24) is 15.1 Å². The van der Waals surface area contributed by atoms with Gasteiger partial charge in [-0.3, -0.25) is 4.79 Å². The molecule has 134 valence electrons. The zero-order valence-electron chi connectivity index (χ0n) is 15.3. The molecule has 1 unspecified atom stereocenters. The minimum absolute atomic E-state index is 0.0990. The molecule has 5 heteroatoms. The molecule has 1 aromatic heterocycles. The van der Waals surface area contributed by atoms with Gasteiger partial charge in [-0.15, -0.1) is 0 Å². The molecule has 0 aliphatic heterocycles. The molecule has 1 amide bonds. The van der Waals surface area contributed by atoms with E-state index in [-0.39, 0.29) is 11.9 Å². The second-order valence-corrected chi connectivity index (χ2v) is 6.17. The monoisotopic (exact) mass is 349 g/mol. The zero-order valence-corrected chi connectivity index (χ0v) is 15.3. The minimum atomic E-state index is -0.134. The lowest BCUT2D eigenvalue weighted by molar-refractivity contribution is 0.0931. The average molecular weight is 349 g/mol. The lowest BCUT2D eigenvalue weighted by Gasteiger charge is -2.12. The molecule has 0 bridgehead atoms. The highest BCUT2D eigenvalue weighted by molar-refractivity contribution is 5.94. The van der Waals surface area contributed by atoms with Crippen molar-refractivity contribution in [3.63, 3.8) is 0 Å². The summed E-state index contributed by atoms with van der Waals surface area (Å²) in [6.07, 6.45) is 0.869. The summed E-state index contributed by atoms with van der Waals surface area (Å²) in [5, 5.41) is 7.69. The Labute approximate surface area is 153 Å². The average Bonchev–Trinajstić information content (AvgIpc) is 3.14. The maximum atomic E-state index is 12.8. The third-order valence-electron chi connectivity index (χ3n) is 4.32. The Hall–Kier alpha value is -3.08. The van der Waals surface area contributed by atoms with E-state index in [1.54, 1.807) is 11.8 Å². The molecule has 0 aliphatic rings. The van der Waals surface area contributed by atoms with Crippen molar-refractivity contribution < 1.29 is 9.53 Å². The molecule has 0 saturated heterocycles. The molecule has 1 N–H and O–H groups in total. The molecule has 5 nitrogen and oxygen atoms in total. The number of ether oxygens (including phenoxy) is 1. The summed E-state index contributed by atoms with van der Waals surface area (Å²) in [4.78, 5) is 12.8. The van der Waals surface area contributed by atoms with Crippen molar-refractivity contribution in [3.05, 3.63) is 66.4 Å². The Bertz CT molecular complexity index is 870. The van der Waals surface area contributed by atoms with Crippen LogP contribution in [0.25, 0.3) is 16.9 Å². The molecule has 1 atom stereocenters. The van der Waals surface area contributed by atoms with Gasteiger partial charge in [0.15, 0.2) is 0 Å².